The van der Waals surface area contributed by atoms with Crippen LogP contribution in [0.15, 0.2) is 12.2 Å². The van der Waals surface area contributed by atoms with Crippen LogP contribution in [0.4, 0.5) is 0 Å². The molecule has 0 radical (unpaired) electrons. The largest absolute Gasteiger partial charge is 0.425 e. The van der Waals surface area contributed by atoms with Gasteiger partial charge in [-0.05, 0) is 45.4 Å². The molecule has 2 nitrogen and oxygen atoms in total. The summed E-state index contributed by atoms with van der Waals surface area (Å²) in [6.45, 7) is 14.7. The summed E-state index contributed by atoms with van der Waals surface area (Å²) in [6, 6.07) is 0. The Bertz CT molecular complexity index is 433. The van der Waals surface area contributed by atoms with Gasteiger partial charge in [0.25, 0.3) is 0 Å². The van der Waals surface area contributed by atoms with Crippen molar-refractivity contribution in [3.63, 3.8) is 0 Å². The topological polar surface area (TPSA) is 26.3 Å². The van der Waals surface area contributed by atoms with Gasteiger partial charge in [0.05, 0.1) is 25.7 Å². The molecule has 0 aliphatic heterocycles. The zero-order valence-corrected chi connectivity index (χ0v) is 24.3. The van der Waals surface area contributed by atoms with Crippen LogP contribution in [0.25, 0.3) is 0 Å². The summed E-state index contributed by atoms with van der Waals surface area (Å²) in [5.74, 6) is -0.0932. The lowest BCUT2D eigenvalue weighted by molar-refractivity contribution is -0.140. The van der Waals surface area contributed by atoms with Crippen LogP contribution >= 0.6 is 7.26 Å². The van der Waals surface area contributed by atoms with Crippen LogP contribution in [-0.4, -0.2) is 30.3 Å². The van der Waals surface area contributed by atoms with E-state index in [0.717, 1.165) is 0 Å². The fourth-order valence-corrected chi connectivity index (χ4v) is 9.51. The molecule has 0 fully saturated rings. The van der Waals surface area contributed by atoms with Crippen molar-refractivity contribution in [3.05, 3.63) is 12.2 Å². The van der Waals surface area contributed by atoms with E-state index in [4.69, 9.17) is 4.74 Å². The monoisotopic (exact) mass is 483 g/mol. The average molecular weight is 484 g/mol. The Morgan fingerprint density at radius 1 is 0.636 bits per heavy atom. The summed E-state index contributed by atoms with van der Waals surface area (Å²) in [4.78, 5) is 12.4. The summed E-state index contributed by atoms with van der Waals surface area (Å²) >= 11 is 0. The Kier molecular flexibility index (Phi) is 21.9. The Morgan fingerprint density at radius 2 is 0.939 bits per heavy atom. The molecule has 0 aliphatic rings. The highest BCUT2D eigenvalue weighted by Crippen LogP contribution is 2.65. The van der Waals surface area contributed by atoms with Crippen LogP contribution in [0, 0.1) is 0 Å². The van der Waals surface area contributed by atoms with E-state index >= 15 is 0 Å². The van der Waals surface area contributed by atoms with Gasteiger partial charge in [-0.1, -0.05) is 104 Å². The van der Waals surface area contributed by atoms with E-state index < -0.39 is 7.26 Å². The van der Waals surface area contributed by atoms with Gasteiger partial charge in [0.15, 0.2) is 0 Å². The van der Waals surface area contributed by atoms with E-state index in [9.17, 15) is 4.79 Å². The molecule has 0 spiro atoms. The second kappa shape index (κ2) is 22.1. The standard InChI is InChI=1S/C30H60O2P/c1-7-10-13-16-19-22-25-33(26-23-20-17-14-11-8-2,27-24-21-18-15-12-9-3)29(6)32-30(31)28(4)5/h29H,4,7-27H2,1-3,5-6H3/q+1. The van der Waals surface area contributed by atoms with Gasteiger partial charge < -0.3 is 4.74 Å². The maximum atomic E-state index is 12.4. The van der Waals surface area contributed by atoms with Gasteiger partial charge >= 0.3 is 5.97 Å². The molecular formula is C30H60O2P+. The number of unbranched alkanes of at least 4 members (excludes halogenated alkanes) is 15. The van der Waals surface area contributed by atoms with Gasteiger partial charge in [-0.25, -0.2) is 4.79 Å². The molecule has 0 amide bonds. The second-order valence-corrected chi connectivity index (χ2v) is 15.0. The van der Waals surface area contributed by atoms with E-state index in [1.807, 2.05) is 0 Å². The van der Waals surface area contributed by atoms with Crippen LogP contribution in [0.1, 0.15) is 150 Å². The molecule has 33 heavy (non-hydrogen) atoms. The SMILES string of the molecule is C=C(C)C(=O)OC(C)[P+](CCCCCCCC)(CCCCCCCC)CCCCCCCC. The van der Waals surface area contributed by atoms with Crippen molar-refractivity contribution in [2.75, 3.05) is 18.5 Å². The molecule has 0 saturated carbocycles. The van der Waals surface area contributed by atoms with Crippen molar-refractivity contribution in [1.29, 1.82) is 0 Å². The number of rotatable bonds is 24. The minimum Gasteiger partial charge on any atom is -0.425 e. The van der Waals surface area contributed by atoms with Crippen molar-refractivity contribution in [2.24, 2.45) is 0 Å². The zero-order valence-electron chi connectivity index (χ0n) is 23.4. The molecule has 1 unspecified atom stereocenters. The summed E-state index contributed by atoms with van der Waals surface area (Å²) < 4.78 is 6.07. The third kappa shape index (κ3) is 16.8. The van der Waals surface area contributed by atoms with Crippen molar-refractivity contribution >= 4 is 13.2 Å². The number of hydrogen-bond donors (Lipinski definition) is 0. The van der Waals surface area contributed by atoms with Crippen molar-refractivity contribution in [2.45, 2.75) is 156 Å². The average Bonchev–Trinajstić information content (AvgIpc) is 2.79. The maximum Gasteiger partial charge on any atom is 0.336 e. The first-order valence-electron chi connectivity index (χ1n) is 14.7. The van der Waals surface area contributed by atoms with Gasteiger partial charge in [-0.15, -0.1) is 0 Å². The molecule has 0 saturated heterocycles. The van der Waals surface area contributed by atoms with E-state index in [-0.39, 0.29) is 11.8 Å². The van der Waals surface area contributed by atoms with Gasteiger partial charge in [0, 0.05) is 12.5 Å². The highest BCUT2D eigenvalue weighted by Gasteiger charge is 2.44. The van der Waals surface area contributed by atoms with Gasteiger partial charge in [0.2, 0.25) is 5.85 Å². The quantitative estimate of drug-likeness (QED) is 0.0590. The predicted molar refractivity (Wildman–Crippen MR) is 152 cm³/mol. The minimum atomic E-state index is -1.33. The van der Waals surface area contributed by atoms with E-state index in [1.165, 1.54) is 134 Å². The highest BCUT2D eigenvalue weighted by atomic mass is 31.2. The van der Waals surface area contributed by atoms with Crippen molar-refractivity contribution in [3.8, 4) is 0 Å². The van der Waals surface area contributed by atoms with Crippen LogP contribution in [-0.2, 0) is 9.53 Å². The molecule has 0 aromatic carbocycles. The molecule has 0 bridgehead atoms. The summed E-state index contributed by atoms with van der Waals surface area (Å²) in [5.41, 5.74) is 0.540. The molecule has 0 rings (SSSR count). The molecule has 0 aromatic heterocycles. The Hall–Kier alpha value is -0.360. The fourth-order valence-electron chi connectivity index (χ4n) is 4.87. The first-order valence-corrected chi connectivity index (χ1v) is 17.1. The molecule has 0 N–H and O–H groups in total. The molecular weight excluding hydrogens is 423 g/mol. The summed E-state index contributed by atoms with van der Waals surface area (Å²) in [7, 11) is -1.33. The first-order chi connectivity index (χ1) is 15.9. The summed E-state index contributed by atoms with van der Waals surface area (Å²) in [5, 5.41) is 0. The lowest BCUT2D eigenvalue weighted by Gasteiger charge is -2.33. The van der Waals surface area contributed by atoms with Crippen LogP contribution in [0.2, 0.25) is 0 Å². The third-order valence-corrected chi connectivity index (χ3v) is 12.5. The van der Waals surface area contributed by atoms with Crippen LogP contribution in [0.5, 0.6) is 0 Å². The van der Waals surface area contributed by atoms with Gasteiger partial charge in [0.1, 0.15) is 0 Å². The molecule has 0 heterocycles. The lowest BCUT2D eigenvalue weighted by Crippen LogP contribution is -2.25. The lowest BCUT2D eigenvalue weighted by atomic mass is 10.1. The number of carbonyl (C=O) groups is 1. The Labute approximate surface area is 209 Å². The minimum absolute atomic E-state index is 0.0867. The van der Waals surface area contributed by atoms with Crippen molar-refractivity contribution < 1.29 is 9.53 Å². The molecule has 0 aliphatic carbocycles. The summed E-state index contributed by atoms with van der Waals surface area (Å²) in [6.07, 6.45) is 28.1. The normalized spacial score (nSPS) is 12.6. The molecule has 3 heteroatoms. The Balaban J connectivity index is 5.14. The van der Waals surface area contributed by atoms with Crippen LogP contribution < -0.4 is 0 Å². The van der Waals surface area contributed by atoms with E-state index in [1.54, 1.807) is 6.92 Å². The fraction of sp³-hybridized carbons (Fsp3) is 0.900. The number of ether oxygens (including phenoxy) is 1. The molecule has 1 atom stereocenters. The predicted octanol–water partition coefficient (Wildman–Crippen LogP) is 10.6. The van der Waals surface area contributed by atoms with Crippen molar-refractivity contribution in [1.82, 2.24) is 0 Å². The van der Waals surface area contributed by atoms with Crippen LogP contribution in [0.3, 0.4) is 0 Å². The molecule has 196 valence electrons. The Morgan fingerprint density at radius 3 is 1.24 bits per heavy atom. The van der Waals surface area contributed by atoms with Gasteiger partial charge in [-0.2, -0.15) is 0 Å². The number of hydrogen-bond acceptors (Lipinski definition) is 2. The first kappa shape index (κ1) is 32.6. The number of carbonyl (C=O) groups excluding carboxylic acids is 1. The smallest absolute Gasteiger partial charge is 0.336 e. The second-order valence-electron chi connectivity index (χ2n) is 10.5. The number of esters is 1. The third-order valence-electron chi connectivity index (χ3n) is 7.27. The zero-order chi connectivity index (χ0) is 24.8. The molecule has 0 aromatic rings. The van der Waals surface area contributed by atoms with E-state index in [2.05, 4.69) is 34.3 Å². The van der Waals surface area contributed by atoms with E-state index in [0.29, 0.717) is 5.57 Å². The van der Waals surface area contributed by atoms with Gasteiger partial charge in [-0.3, -0.25) is 0 Å². The highest BCUT2D eigenvalue weighted by molar-refractivity contribution is 7.76. The maximum absolute atomic E-state index is 12.4.